The molecule has 2 aromatic rings. The van der Waals surface area contributed by atoms with E-state index in [0.29, 0.717) is 37.3 Å². The summed E-state index contributed by atoms with van der Waals surface area (Å²) >= 11 is 0. The van der Waals surface area contributed by atoms with Crippen LogP contribution < -0.4 is 5.32 Å². The van der Waals surface area contributed by atoms with E-state index in [0.717, 1.165) is 0 Å². The first-order valence-corrected chi connectivity index (χ1v) is 11.5. The third-order valence-electron chi connectivity index (χ3n) is 5.94. The SMILES string of the molecule is C[C@H](CO)N1C[C@H](C)[C@H](CN(C)C(=O)Nc2ccc(F)cc2)OCc2cn(nn2)CCCC1=O. The number of anilines is 1. The molecule has 3 atom stereocenters. The van der Waals surface area contributed by atoms with Crippen LogP contribution in [-0.4, -0.2) is 80.7 Å². The van der Waals surface area contributed by atoms with E-state index in [2.05, 4.69) is 15.6 Å². The van der Waals surface area contributed by atoms with Gasteiger partial charge in [0.2, 0.25) is 5.91 Å². The molecule has 1 aromatic carbocycles. The van der Waals surface area contributed by atoms with Crippen molar-refractivity contribution in [2.24, 2.45) is 5.92 Å². The quantitative estimate of drug-likeness (QED) is 0.684. The number of rotatable bonds is 5. The molecule has 0 unspecified atom stereocenters. The van der Waals surface area contributed by atoms with Crippen LogP contribution in [0.4, 0.5) is 14.9 Å². The second-order valence-electron chi connectivity index (χ2n) is 8.80. The molecule has 3 rings (SSSR count). The van der Waals surface area contributed by atoms with Crippen molar-refractivity contribution < 1.29 is 23.8 Å². The van der Waals surface area contributed by atoms with Gasteiger partial charge in [0.05, 0.1) is 31.6 Å². The Morgan fingerprint density at radius 2 is 2.12 bits per heavy atom. The maximum Gasteiger partial charge on any atom is 0.321 e. The number of likely N-dealkylation sites (N-methyl/N-ethyl adjacent to an activating group) is 1. The zero-order valence-corrected chi connectivity index (χ0v) is 19.9. The van der Waals surface area contributed by atoms with Crippen molar-refractivity contribution in [3.8, 4) is 0 Å². The average Bonchev–Trinajstić information content (AvgIpc) is 3.27. The van der Waals surface area contributed by atoms with Crippen molar-refractivity contribution in [3.05, 3.63) is 42.0 Å². The summed E-state index contributed by atoms with van der Waals surface area (Å²) in [5.74, 6) is -0.574. The highest BCUT2D eigenvalue weighted by molar-refractivity contribution is 5.89. The number of aryl methyl sites for hydroxylation is 1. The predicted molar refractivity (Wildman–Crippen MR) is 123 cm³/mol. The largest absolute Gasteiger partial charge is 0.394 e. The van der Waals surface area contributed by atoms with E-state index in [9.17, 15) is 19.1 Å². The maximum absolute atomic E-state index is 13.1. The number of urea groups is 1. The normalized spacial score (nSPS) is 20.6. The van der Waals surface area contributed by atoms with Crippen LogP contribution in [0.3, 0.4) is 0 Å². The van der Waals surface area contributed by atoms with E-state index < -0.39 is 6.10 Å². The number of halogens is 1. The summed E-state index contributed by atoms with van der Waals surface area (Å²) in [7, 11) is 1.64. The number of carbonyl (C=O) groups excluding carboxylic acids is 2. The topological polar surface area (TPSA) is 113 Å². The molecule has 11 heteroatoms. The summed E-state index contributed by atoms with van der Waals surface area (Å²) in [6.07, 6.45) is 2.32. The first kappa shape index (κ1) is 25.6. The van der Waals surface area contributed by atoms with Gasteiger partial charge in [0.25, 0.3) is 0 Å². The van der Waals surface area contributed by atoms with Gasteiger partial charge in [-0.2, -0.15) is 0 Å². The molecular formula is C23H33FN6O4. The highest BCUT2D eigenvalue weighted by atomic mass is 19.1. The molecular weight excluding hydrogens is 443 g/mol. The standard InChI is InChI=1S/C23H33FN6O4/c1-16-11-30(17(2)14-31)22(32)5-4-10-29-12-20(26-27-29)15-34-21(16)13-28(3)23(33)25-19-8-6-18(24)7-9-19/h6-9,12,16-17,21,31H,4-5,10-11,13-15H2,1-3H3,(H,25,33)/t16-,17+,21-/m0/s1. The minimum atomic E-state index is -0.420. The van der Waals surface area contributed by atoms with Crippen LogP contribution in [0.1, 0.15) is 32.4 Å². The van der Waals surface area contributed by atoms with E-state index in [1.807, 2.05) is 13.8 Å². The lowest BCUT2D eigenvalue weighted by Gasteiger charge is -2.35. The summed E-state index contributed by atoms with van der Waals surface area (Å²) in [6.45, 7) is 5.02. The van der Waals surface area contributed by atoms with Crippen LogP contribution in [0, 0.1) is 11.7 Å². The number of fused-ring (bicyclic) bond motifs is 2. The van der Waals surface area contributed by atoms with Gasteiger partial charge >= 0.3 is 6.03 Å². The van der Waals surface area contributed by atoms with E-state index in [1.165, 1.54) is 29.2 Å². The minimum Gasteiger partial charge on any atom is -0.394 e. The smallest absolute Gasteiger partial charge is 0.321 e. The van der Waals surface area contributed by atoms with Crippen molar-refractivity contribution in [1.82, 2.24) is 24.8 Å². The summed E-state index contributed by atoms with van der Waals surface area (Å²) < 4.78 is 21.0. The van der Waals surface area contributed by atoms with E-state index in [-0.39, 0.29) is 49.5 Å². The van der Waals surface area contributed by atoms with E-state index >= 15 is 0 Å². The number of hydrogen-bond donors (Lipinski definition) is 2. The molecule has 3 amide bonds. The second-order valence-corrected chi connectivity index (χ2v) is 8.80. The first-order chi connectivity index (χ1) is 16.3. The molecule has 1 aliphatic heterocycles. The number of carbonyl (C=O) groups is 2. The van der Waals surface area contributed by atoms with Gasteiger partial charge in [0.15, 0.2) is 0 Å². The van der Waals surface area contributed by atoms with Crippen LogP contribution in [0.25, 0.3) is 0 Å². The number of hydrogen-bond acceptors (Lipinski definition) is 6. The molecule has 2 N–H and O–H groups in total. The Morgan fingerprint density at radius 3 is 2.82 bits per heavy atom. The highest BCUT2D eigenvalue weighted by Gasteiger charge is 2.28. The third kappa shape index (κ3) is 6.97. The van der Waals surface area contributed by atoms with Gasteiger partial charge in [-0.15, -0.1) is 5.10 Å². The molecule has 186 valence electrons. The number of amides is 3. The molecule has 10 nitrogen and oxygen atoms in total. The van der Waals surface area contributed by atoms with Gasteiger partial charge in [0.1, 0.15) is 11.5 Å². The van der Waals surface area contributed by atoms with Crippen molar-refractivity contribution in [1.29, 1.82) is 0 Å². The number of nitrogens with zero attached hydrogens (tertiary/aromatic N) is 5. The maximum atomic E-state index is 13.1. The molecule has 1 aromatic heterocycles. The Balaban J connectivity index is 1.75. The Kier molecular flexibility index (Phi) is 8.94. The number of aliphatic hydroxyl groups is 1. The van der Waals surface area contributed by atoms with Crippen LogP contribution in [0.2, 0.25) is 0 Å². The molecule has 0 spiro atoms. The molecule has 0 fully saturated rings. The summed E-state index contributed by atoms with van der Waals surface area (Å²) in [6, 6.07) is 4.82. The van der Waals surface area contributed by atoms with Gasteiger partial charge in [-0.25, -0.2) is 9.18 Å². The molecule has 0 saturated carbocycles. The van der Waals surface area contributed by atoms with Crippen molar-refractivity contribution in [2.75, 3.05) is 32.1 Å². The summed E-state index contributed by atoms with van der Waals surface area (Å²) in [5.41, 5.74) is 1.15. The third-order valence-corrected chi connectivity index (χ3v) is 5.94. The lowest BCUT2D eigenvalue weighted by Crippen LogP contribution is -2.48. The summed E-state index contributed by atoms with van der Waals surface area (Å²) in [5, 5.41) is 20.7. The molecule has 2 heterocycles. The lowest BCUT2D eigenvalue weighted by atomic mass is 10.0. The van der Waals surface area contributed by atoms with Crippen molar-refractivity contribution >= 4 is 17.6 Å². The average molecular weight is 477 g/mol. The number of benzene rings is 1. The Morgan fingerprint density at radius 1 is 1.38 bits per heavy atom. The van der Waals surface area contributed by atoms with Gasteiger partial charge in [-0.1, -0.05) is 12.1 Å². The van der Waals surface area contributed by atoms with Gasteiger partial charge in [-0.05, 0) is 37.6 Å². The molecule has 34 heavy (non-hydrogen) atoms. The zero-order chi connectivity index (χ0) is 24.7. The van der Waals surface area contributed by atoms with E-state index in [1.54, 1.807) is 22.8 Å². The van der Waals surface area contributed by atoms with Gasteiger partial charge in [0, 0.05) is 44.7 Å². The predicted octanol–water partition coefficient (Wildman–Crippen LogP) is 2.11. The number of aliphatic hydroxyl groups excluding tert-OH is 1. The van der Waals surface area contributed by atoms with Crippen LogP contribution in [0.5, 0.6) is 0 Å². The van der Waals surface area contributed by atoms with Crippen LogP contribution in [0.15, 0.2) is 30.5 Å². The van der Waals surface area contributed by atoms with E-state index in [4.69, 9.17) is 4.74 Å². The second kappa shape index (κ2) is 11.9. The van der Waals surface area contributed by atoms with Crippen LogP contribution in [-0.2, 0) is 22.7 Å². The first-order valence-electron chi connectivity index (χ1n) is 11.5. The van der Waals surface area contributed by atoms with Crippen molar-refractivity contribution in [3.63, 3.8) is 0 Å². The fourth-order valence-corrected chi connectivity index (χ4v) is 3.80. The fourth-order valence-electron chi connectivity index (χ4n) is 3.80. The monoisotopic (exact) mass is 476 g/mol. The number of aromatic nitrogens is 3. The molecule has 0 radical (unpaired) electrons. The molecule has 0 aliphatic carbocycles. The van der Waals surface area contributed by atoms with Crippen molar-refractivity contribution in [2.45, 2.75) is 52.0 Å². The Hall–Kier alpha value is -3.05. The summed E-state index contributed by atoms with van der Waals surface area (Å²) in [4.78, 5) is 28.8. The molecule has 0 saturated heterocycles. The lowest BCUT2D eigenvalue weighted by molar-refractivity contribution is -0.136. The number of nitrogens with one attached hydrogen (secondary N) is 1. The molecule has 2 bridgehead atoms. The molecule has 1 aliphatic rings. The minimum absolute atomic E-state index is 0.0471. The fraction of sp³-hybridized carbons (Fsp3) is 0.565. The Labute approximate surface area is 198 Å². The van der Waals surface area contributed by atoms with Gasteiger partial charge < -0.3 is 25.0 Å². The zero-order valence-electron chi connectivity index (χ0n) is 19.9. The highest BCUT2D eigenvalue weighted by Crippen LogP contribution is 2.18. The number of ether oxygens (including phenoxy) is 1. The van der Waals surface area contributed by atoms with Crippen LogP contribution >= 0.6 is 0 Å². The Bertz CT molecular complexity index is 953. The van der Waals surface area contributed by atoms with Gasteiger partial charge in [-0.3, -0.25) is 9.48 Å².